The minimum atomic E-state index is 0. The van der Waals surface area contributed by atoms with Gasteiger partial charge in [0.05, 0.1) is 0 Å². The molecule has 112 valence electrons. The first kappa shape index (κ1) is 15.6. The normalized spacial score (nSPS) is 33.5. The molecule has 3 heterocycles. The van der Waals surface area contributed by atoms with Crippen molar-refractivity contribution in [2.75, 3.05) is 45.8 Å². The van der Waals surface area contributed by atoms with Gasteiger partial charge in [-0.25, -0.2) is 0 Å². The molecule has 0 aliphatic carbocycles. The third-order valence-corrected chi connectivity index (χ3v) is 5.17. The van der Waals surface area contributed by atoms with Crippen LogP contribution in [0.1, 0.15) is 38.5 Å². The van der Waals surface area contributed by atoms with Crippen LogP contribution in [0, 0.1) is 5.92 Å². The first-order chi connectivity index (χ1) is 8.92. The van der Waals surface area contributed by atoms with Gasteiger partial charge in [-0.3, -0.25) is 4.90 Å². The summed E-state index contributed by atoms with van der Waals surface area (Å²) in [6.07, 6.45) is 8.57. The minimum Gasteiger partial charge on any atom is -0.316 e. The van der Waals surface area contributed by atoms with Gasteiger partial charge in [0.25, 0.3) is 0 Å². The fourth-order valence-electron chi connectivity index (χ4n) is 3.92. The third kappa shape index (κ3) is 4.32. The quantitative estimate of drug-likeness (QED) is 0.853. The molecule has 0 aromatic carbocycles. The molecule has 0 amide bonds. The molecule has 1 N–H and O–H groups in total. The highest BCUT2D eigenvalue weighted by molar-refractivity contribution is 5.85. The van der Waals surface area contributed by atoms with E-state index in [2.05, 4.69) is 15.1 Å². The summed E-state index contributed by atoms with van der Waals surface area (Å²) < 4.78 is 0. The van der Waals surface area contributed by atoms with E-state index < -0.39 is 0 Å². The Morgan fingerprint density at radius 2 is 1.84 bits per heavy atom. The van der Waals surface area contributed by atoms with Gasteiger partial charge in [0, 0.05) is 12.6 Å². The summed E-state index contributed by atoms with van der Waals surface area (Å²) in [6, 6.07) is 0.881. The highest BCUT2D eigenvalue weighted by Gasteiger charge is 2.28. The van der Waals surface area contributed by atoms with E-state index in [9.17, 15) is 0 Å². The summed E-state index contributed by atoms with van der Waals surface area (Å²) in [5, 5.41) is 3.48. The first-order valence-corrected chi connectivity index (χ1v) is 8.09. The molecular weight excluding hydrogens is 258 g/mol. The Bertz CT molecular complexity index is 250. The molecule has 3 fully saturated rings. The Morgan fingerprint density at radius 3 is 2.58 bits per heavy atom. The second-order valence-corrected chi connectivity index (χ2v) is 6.49. The van der Waals surface area contributed by atoms with Crippen LogP contribution in [0.25, 0.3) is 0 Å². The largest absolute Gasteiger partial charge is 0.316 e. The lowest BCUT2D eigenvalue weighted by atomic mass is 10.1. The Labute approximate surface area is 124 Å². The first-order valence-electron chi connectivity index (χ1n) is 8.09. The fourth-order valence-corrected chi connectivity index (χ4v) is 3.92. The van der Waals surface area contributed by atoms with E-state index >= 15 is 0 Å². The van der Waals surface area contributed by atoms with E-state index in [0.29, 0.717) is 0 Å². The summed E-state index contributed by atoms with van der Waals surface area (Å²) in [6.45, 7) is 9.29. The zero-order valence-corrected chi connectivity index (χ0v) is 13.0. The lowest BCUT2D eigenvalue weighted by Crippen LogP contribution is -2.41. The molecule has 3 saturated heterocycles. The monoisotopic (exact) mass is 287 g/mol. The molecule has 3 rings (SSSR count). The average molecular weight is 288 g/mol. The van der Waals surface area contributed by atoms with Gasteiger partial charge in [-0.05, 0) is 77.3 Å². The van der Waals surface area contributed by atoms with E-state index in [4.69, 9.17) is 0 Å². The Kier molecular flexibility index (Phi) is 6.40. The van der Waals surface area contributed by atoms with Crippen molar-refractivity contribution in [1.82, 2.24) is 15.1 Å². The van der Waals surface area contributed by atoms with Crippen LogP contribution >= 0.6 is 12.4 Å². The van der Waals surface area contributed by atoms with E-state index in [0.717, 1.165) is 12.0 Å². The van der Waals surface area contributed by atoms with Crippen molar-refractivity contribution in [2.24, 2.45) is 5.92 Å². The molecule has 3 aliphatic rings. The SMILES string of the molecule is C1CCN(C2CCN(CCC3CCNC3)C2)CC1.Cl. The van der Waals surface area contributed by atoms with Gasteiger partial charge in [-0.15, -0.1) is 12.4 Å². The van der Waals surface area contributed by atoms with E-state index in [1.165, 1.54) is 84.3 Å². The molecule has 2 atom stereocenters. The van der Waals surface area contributed by atoms with Crippen LogP contribution in [-0.2, 0) is 0 Å². The van der Waals surface area contributed by atoms with E-state index in [1.54, 1.807) is 0 Å². The highest BCUT2D eigenvalue weighted by atomic mass is 35.5. The van der Waals surface area contributed by atoms with Crippen LogP contribution in [0.4, 0.5) is 0 Å². The molecule has 0 aromatic rings. The number of hydrogen-bond acceptors (Lipinski definition) is 3. The predicted molar refractivity (Wildman–Crippen MR) is 83.1 cm³/mol. The maximum Gasteiger partial charge on any atom is 0.0235 e. The van der Waals surface area contributed by atoms with Crippen LogP contribution in [0.3, 0.4) is 0 Å². The Hall–Kier alpha value is 0.170. The van der Waals surface area contributed by atoms with Gasteiger partial charge in [0.15, 0.2) is 0 Å². The van der Waals surface area contributed by atoms with Gasteiger partial charge >= 0.3 is 0 Å². The fraction of sp³-hybridized carbons (Fsp3) is 1.00. The Morgan fingerprint density at radius 1 is 1.00 bits per heavy atom. The van der Waals surface area contributed by atoms with Crippen molar-refractivity contribution in [3.8, 4) is 0 Å². The van der Waals surface area contributed by atoms with Crippen LogP contribution in [0.15, 0.2) is 0 Å². The van der Waals surface area contributed by atoms with Gasteiger partial charge in [0.1, 0.15) is 0 Å². The highest BCUT2D eigenvalue weighted by Crippen LogP contribution is 2.21. The van der Waals surface area contributed by atoms with Gasteiger partial charge in [0.2, 0.25) is 0 Å². The molecule has 0 spiro atoms. The zero-order valence-electron chi connectivity index (χ0n) is 12.1. The molecule has 0 bridgehead atoms. The maximum absolute atomic E-state index is 3.48. The number of nitrogens with zero attached hydrogens (tertiary/aromatic N) is 2. The zero-order chi connectivity index (χ0) is 12.2. The smallest absolute Gasteiger partial charge is 0.0235 e. The summed E-state index contributed by atoms with van der Waals surface area (Å²) in [5.74, 6) is 0.957. The van der Waals surface area contributed by atoms with Crippen molar-refractivity contribution >= 4 is 12.4 Å². The number of rotatable bonds is 4. The second kappa shape index (κ2) is 7.82. The third-order valence-electron chi connectivity index (χ3n) is 5.17. The van der Waals surface area contributed by atoms with E-state index in [1.807, 2.05) is 0 Å². The standard InChI is InChI=1S/C15H29N3.ClH/c1-2-8-18(9-3-1)15-6-11-17(13-15)10-5-14-4-7-16-12-14;/h14-16H,1-13H2;1H. The lowest BCUT2D eigenvalue weighted by molar-refractivity contribution is 0.161. The number of nitrogens with one attached hydrogen (secondary N) is 1. The van der Waals surface area contributed by atoms with Crippen LogP contribution in [-0.4, -0.2) is 61.7 Å². The second-order valence-electron chi connectivity index (χ2n) is 6.49. The molecule has 0 aromatic heterocycles. The van der Waals surface area contributed by atoms with Gasteiger partial charge in [-0.2, -0.15) is 0 Å². The number of halogens is 1. The van der Waals surface area contributed by atoms with Crippen LogP contribution < -0.4 is 5.32 Å². The van der Waals surface area contributed by atoms with Crippen LogP contribution in [0.5, 0.6) is 0 Å². The summed E-state index contributed by atoms with van der Waals surface area (Å²) in [4.78, 5) is 5.48. The predicted octanol–water partition coefficient (Wildman–Crippen LogP) is 1.97. The molecule has 19 heavy (non-hydrogen) atoms. The summed E-state index contributed by atoms with van der Waals surface area (Å²) in [7, 11) is 0. The van der Waals surface area contributed by atoms with Gasteiger partial charge in [-0.1, -0.05) is 6.42 Å². The number of likely N-dealkylation sites (tertiary alicyclic amines) is 2. The summed E-state index contributed by atoms with van der Waals surface area (Å²) >= 11 is 0. The number of hydrogen-bond donors (Lipinski definition) is 1. The van der Waals surface area contributed by atoms with Crippen molar-refractivity contribution in [3.05, 3.63) is 0 Å². The molecule has 0 saturated carbocycles. The molecule has 3 nitrogen and oxygen atoms in total. The molecule has 2 unspecified atom stereocenters. The van der Waals surface area contributed by atoms with Gasteiger partial charge < -0.3 is 10.2 Å². The minimum absolute atomic E-state index is 0. The van der Waals surface area contributed by atoms with Crippen molar-refractivity contribution < 1.29 is 0 Å². The lowest BCUT2D eigenvalue weighted by Gasteiger charge is -2.32. The average Bonchev–Trinajstić information content (AvgIpc) is 3.09. The van der Waals surface area contributed by atoms with Crippen molar-refractivity contribution in [1.29, 1.82) is 0 Å². The van der Waals surface area contributed by atoms with E-state index in [-0.39, 0.29) is 12.4 Å². The van der Waals surface area contributed by atoms with Crippen molar-refractivity contribution in [3.63, 3.8) is 0 Å². The molecule has 0 radical (unpaired) electrons. The van der Waals surface area contributed by atoms with Crippen LogP contribution in [0.2, 0.25) is 0 Å². The maximum atomic E-state index is 3.48. The summed E-state index contributed by atoms with van der Waals surface area (Å²) in [5.41, 5.74) is 0. The molecule has 3 aliphatic heterocycles. The molecule has 4 heteroatoms. The number of piperidine rings is 1. The Balaban J connectivity index is 0.00000133. The molecular formula is C15H30ClN3. The topological polar surface area (TPSA) is 18.5 Å². The van der Waals surface area contributed by atoms with Crippen molar-refractivity contribution in [2.45, 2.75) is 44.6 Å².